The molecule has 0 aliphatic heterocycles. The second-order valence-electron chi connectivity index (χ2n) is 3.75. The van der Waals surface area contributed by atoms with Crippen LogP contribution in [0.4, 0.5) is 0 Å². The Morgan fingerprint density at radius 2 is 2.00 bits per heavy atom. The fourth-order valence-corrected chi connectivity index (χ4v) is 1.17. The van der Waals surface area contributed by atoms with Crippen LogP contribution in [-0.4, -0.2) is 5.78 Å². The van der Waals surface area contributed by atoms with Crippen LogP contribution >= 0.6 is 0 Å². The lowest BCUT2D eigenvalue weighted by Gasteiger charge is -2.17. The van der Waals surface area contributed by atoms with Gasteiger partial charge in [-0.15, -0.1) is 0 Å². The summed E-state index contributed by atoms with van der Waals surface area (Å²) in [5.74, 6) is 0.349. The van der Waals surface area contributed by atoms with Gasteiger partial charge in [-0.25, -0.2) is 0 Å². The van der Waals surface area contributed by atoms with E-state index >= 15 is 0 Å². The average molecular weight is 168 g/mol. The van der Waals surface area contributed by atoms with Gasteiger partial charge in [-0.05, 0) is 27.2 Å². The molecule has 12 heavy (non-hydrogen) atoms. The van der Waals surface area contributed by atoms with Gasteiger partial charge in [-0.2, -0.15) is 0 Å². The lowest BCUT2D eigenvalue weighted by molar-refractivity contribution is -0.125. The zero-order valence-electron chi connectivity index (χ0n) is 8.68. The fraction of sp³-hybridized carbons (Fsp3) is 0.727. The van der Waals surface area contributed by atoms with E-state index in [-0.39, 0.29) is 5.41 Å². The summed E-state index contributed by atoms with van der Waals surface area (Å²) in [6, 6.07) is 0. The van der Waals surface area contributed by atoms with Gasteiger partial charge in [0.2, 0.25) is 0 Å². The van der Waals surface area contributed by atoms with Crippen LogP contribution in [0.3, 0.4) is 0 Å². The van der Waals surface area contributed by atoms with Gasteiger partial charge in [0, 0.05) is 11.8 Å². The van der Waals surface area contributed by atoms with E-state index in [9.17, 15) is 4.79 Å². The third-order valence-corrected chi connectivity index (χ3v) is 2.06. The summed E-state index contributed by atoms with van der Waals surface area (Å²) in [4.78, 5) is 11.6. The van der Waals surface area contributed by atoms with E-state index in [1.807, 2.05) is 32.9 Å². The number of ketones is 1. The van der Waals surface area contributed by atoms with Crippen molar-refractivity contribution in [3.8, 4) is 0 Å². The van der Waals surface area contributed by atoms with Crippen molar-refractivity contribution in [2.45, 2.75) is 47.0 Å². The highest BCUT2D eigenvalue weighted by Crippen LogP contribution is 2.21. The first-order valence-electron chi connectivity index (χ1n) is 4.71. The smallest absolute Gasteiger partial charge is 0.142 e. The number of carbonyl (C=O) groups excluding carboxylic acids is 1. The molecular weight excluding hydrogens is 148 g/mol. The molecule has 0 aliphatic carbocycles. The Balaban J connectivity index is 4.06. The van der Waals surface area contributed by atoms with Crippen molar-refractivity contribution in [1.82, 2.24) is 0 Å². The number of rotatable bonds is 5. The maximum Gasteiger partial charge on any atom is 0.142 e. The summed E-state index contributed by atoms with van der Waals surface area (Å²) in [5.41, 5.74) is -0.260. The molecule has 0 bridgehead atoms. The Bertz CT molecular complexity index is 166. The molecule has 1 nitrogen and oxygen atoms in total. The topological polar surface area (TPSA) is 17.1 Å². The molecule has 0 rings (SSSR count). The van der Waals surface area contributed by atoms with Gasteiger partial charge >= 0.3 is 0 Å². The molecule has 0 aromatic rings. The molecule has 0 heterocycles. The SMILES string of the molecule is C/C=C/C(C)(C)C(=O)CCCC. The van der Waals surface area contributed by atoms with Gasteiger partial charge in [-0.1, -0.05) is 25.5 Å². The highest BCUT2D eigenvalue weighted by molar-refractivity contribution is 5.85. The van der Waals surface area contributed by atoms with E-state index in [0.29, 0.717) is 12.2 Å². The van der Waals surface area contributed by atoms with Crippen molar-refractivity contribution in [3.05, 3.63) is 12.2 Å². The van der Waals surface area contributed by atoms with Crippen LogP contribution in [0.2, 0.25) is 0 Å². The number of unbranched alkanes of at least 4 members (excludes halogenated alkanes) is 1. The van der Waals surface area contributed by atoms with Crippen LogP contribution in [0, 0.1) is 5.41 Å². The molecule has 0 spiro atoms. The Hall–Kier alpha value is -0.590. The van der Waals surface area contributed by atoms with Gasteiger partial charge in [0.15, 0.2) is 0 Å². The number of Topliss-reactive ketones (excluding diaryl/α,β-unsaturated/α-hetero) is 1. The first-order valence-corrected chi connectivity index (χ1v) is 4.71. The Labute approximate surface area is 75.9 Å². The minimum atomic E-state index is -0.260. The van der Waals surface area contributed by atoms with Crippen LogP contribution in [0.15, 0.2) is 12.2 Å². The second-order valence-corrected chi connectivity index (χ2v) is 3.75. The Kier molecular flexibility index (Phi) is 4.87. The van der Waals surface area contributed by atoms with Crippen LogP contribution < -0.4 is 0 Å². The zero-order valence-corrected chi connectivity index (χ0v) is 8.68. The summed E-state index contributed by atoms with van der Waals surface area (Å²) in [7, 11) is 0. The summed E-state index contributed by atoms with van der Waals surface area (Å²) >= 11 is 0. The lowest BCUT2D eigenvalue weighted by Crippen LogP contribution is -2.21. The molecule has 0 aromatic heterocycles. The normalized spacial score (nSPS) is 12.3. The fourth-order valence-electron chi connectivity index (χ4n) is 1.17. The predicted octanol–water partition coefficient (Wildman–Crippen LogP) is 3.35. The molecule has 0 unspecified atom stereocenters. The lowest BCUT2D eigenvalue weighted by atomic mass is 9.85. The number of allylic oxidation sites excluding steroid dienone is 2. The van der Waals surface area contributed by atoms with Gasteiger partial charge in [0.25, 0.3) is 0 Å². The molecule has 0 aliphatic rings. The first kappa shape index (κ1) is 11.4. The first-order chi connectivity index (χ1) is 5.54. The van der Waals surface area contributed by atoms with E-state index in [2.05, 4.69) is 6.92 Å². The van der Waals surface area contributed by atoms with Crippen LogP contribution in [0.1, 0.15) is 47.0 Å². The van der Waals surface area contributed by atoms with Crippen molar-refractivity contribution in [3.63, 3.8) is 0 Å². The van der Waals surface area contributed by atoms with Gasteiger partial charge in [0.05, 0.1) is 0 Å². The van der Waals surface area contributed by atoms with E-state index in [1.54, 1.807) is 0 Å². The summed E-state index contributed by atoms with van der Waals surface area (Å²) in [6.45, 7) is 8.01. The highest BCUT2D eigenvalue weighted by Gasteiger charge is 2.22. The standard InChI is InChI=1S/C11H20O/c1-5-7-8-10(12)11(3,4)9-6-2/h6,9H,5,7-8H2,1-4H3/b9-6+. The van der Waals surface area contributed by atoms with Crippen LogP contribution in [-0.2, 0) is 4.79 Å². The average Bonchev–Trinajstić information content (AvgIpc) is 2.00. The molecule has 0 saturated heterocycles. The zero-order chi connectivity index (χ0) is 9.61. The third kappa shape index (κ3) is 3.70. The molecule has 0 fully saturated rings. The minimum Gasteiger partial charge on any atom is -0.299 e. The van der Waals surface area contributed by atoms with Crippen molar-refractivity contribution in [2.24, 2.45) is 5.41 Å². The molecular formula is C11H20O. The van der Waals surface area contributed by atoms with Crippen molar-refractivity contribution in [2.75, 3.05) is 0 Å². The van der Waals surface area contributed by atoms with Crippen LogP contribution in [0.5, 0.6) is 0 Å². The second kappa shape index (κ2) is 5.13. The molecule has 0 N–H and O–H groups in total. The number of carbonyl (C=O) groups is 1. The molecule has 0 saturated carbocycles. The maximum atomic E-state index is 11.6. The highest BCUT2D eigenvalue weighted by atomic mass is 16.1. The van der Waals surface area contributed by atoms with E-state index in [0.717, 1.165) is 12.8 Å². The predicted molar refractivity (Wildman–Crippen MR) is 53.1 cm³/mol. The molecule has 1 heteroatoms. The number of hydrogen-bond acceptors (Lipinski definition) is 1. The van der Waals surface area contributed by atoms with E-state index in [1.165, 1.54) is 0 Å². The van der Waals surface area contributed by atoms with Crippen LogP contribution in [0.25, 0.3) is 0 Å². The third-order valence-electron chi connectivity index (χ3n) is 2.06. The van der Waals surface area contributed by atoms with Crippen molar-refractivity contribution < 1.29 is 4.79 Å². The van der Waals surface area contributed by atoms with E-state index < -0.39 is 0 Å². The molecule has 0 amide bonds. The minimum absolute atomic E-state index is 0.260. The molecule has 0 atom stereocenters. The maximum absolute atomic E-state index is 11.6. The Morgan fingerprint density at radius 1 is 1.42 bits per heavy atom. The molecule has 0 radical (unpaired) electrons. The monoisotopic (exact) mass is 168 g/mol. The number of hydrogen-bond donors (Lipinski definition) is 0. The van der Waals surface area contributed by atoms with Crippen molar-refractivity contribution in [1.29, 1.82) is 0 Å². The van der Waals surface area contributed by atoms with E-state index in [4.69, 9.17) is 0 Å². The van der Waals surface area contributed by atoms with Gasteiger partial charge in [0.1, 0.15) is 5.78 Å². The van der Waals surface area contributed by atoms with Gasteiger partial charge < -0.3 is 0 Å². The largest absolute Gasteiger partial charge is 0.299 e. The molecule has 70 valence electrons. The van der Waals surface area contributed by atoms with Gasteiger partial charge in [-0.3, -0.25) is 4.79 Å². The summed E-state index contributed by atoms with van der Waals surface area (Å²) in [6.07, 6.45) is 6.75. The molecule has 0 aromatic carbocycles. The van der Waals surface area contributed by atoms with Crippen molar-refractivity contribution >= 4 is 5.78 Å². The quantitative estimate of drug-likeness (QED) is 0.575. The Morgan fingerprint density at radius 3 is 2.42 bits per heavy atom. The summed E-state index contributed by atoms with van der Waals surface area (Å²) < 4.78 is 0. The summed E-state index contributed by atoms with van der Waals surface area (Å²) in [5, 5.41) is 0.